The number of amides is 1. The van der Waals surface area contributed by atoms with Gasteiger partial charge in [-0.3, -0.25) is 14.5 Å². The number of carbonyl (C=O) groups excluding carboxylic acids is 2. The first-order chi connectivity index (χ1) is 10.1. The number of piperidine rings is 1. The number of anilines is 1. The van der Waals surface area contributed by atoms with E-state index >= 15 is 0 Å². The average Bonchev–Trinajstić information content (AvgIpc) is 2.48. The molecule has 1 aromatic rings. The predicted octanol–water partition coefficient (Wildman–Crippen LogP) is 1.50. The minimum Gasteiger partial charge on any atom is -0.330 e. The van der Waals surface area contributed by atoms with Crippen molar-refractivity contribution >= 4 is 17.4 Å². The Morgan fingerprint density at radius 1 is 1.33 bits per heavy atom. The van der Waals surface area contributed by atoms with Gasteiger partial charge < -0.3 is 11.1 Å². The monoisotopic (exact) mass is 289 g/mol. The highest BCUT2D eigenvalue weighted by molar-refractivity contribution is 5.97. The van der Waals surface area contributed by atoms with Gasteiger partial charge in [-0.2, -0.15) is 0 Å². The van der Waals surface area contributed by atoms with E-state index in [0.29, 0.717) is 23.7 Å². The van der Waals surface area contributed by atoms with Crippen molar-refractivity contribution < 1.29 is 9.59 Å². The number of rotatable bonds is 5. The number of hydrogen-bond donors (Lipinski definition) is 2. The van der Waals surface area contributed by atoms with Crippen LogP contribution in [-0.2, 0) is 4.79 Å². The topological polar surface area (TPSA) is 75.4 Å². The van der Waals surface area contributed by atoms with Crippen molar-refractivity contribution in [1.29, 1.82) is 0 Å². The quantitative estimate of drug-likeness (QED) is 0.805. The summed E-state index contributed by atoms with van der Waals surface area (Å²) in [7, 11) is 0. The molecule has 5 heteroatoms. The third kappa shape index (κ3) is 4.65. The molecule has 0 saturated carbocycles. The molecule has 2 rings (SSSR count). The van der Waals surface area contributed by atoms with E-state index in [1.54, 1.807) is 24.3 Å². The highest BCUT2D eigenvalue weighted by Crippen LogP contribution is 2.16. The van der Waals surface area contributed by atoms with Crippen molar-refractivity contribution in [2.45, 2.75) is 19.8 Å². The number of Topliss-reactive ketones (excluding diaryl/α,β-unsaturated/α-hetero) is 1. The molecule has 0 radical (unpaired) electrons. The largest absolute Gasteiger partial charge is 0.330 e. The lowest BCUT2D eigenvalue weighted by atomic mass is 9.97. The van der Waals surface area contributed by atoms with Gasteiger partial charge in [-0.15, -0.1) is 0 Å². The maximum absolute atomic E-state index is 12.1. The minimum absolute atomic E-state index is 0.00467. The lowest BCUT2D eigenvalue weighted by molar-refractivity contribution is -0.117. The number of benzene rings is 1. The molecule has 0 aliphatic carbocycles. The molecular formula is C16H23N3O2. The maximum Gasteiger partial charge on any atom is 0.238 e. The molecule has 0 bridgehead atoms. The van der Waals surface area contributed by atoms with E-state index in [1.807, 2.05) is 0 Å². The van der Waals surface area contributed by atoms with Crippen LogP contribution in [0.1, 0.15) is 30.1 Å². The van der Waals surface area contributed by atoms with Crippen LogP contribution >= 0.6 is 0 Å². The Morgan fingerprint density at radius 2 is 2.05 bits per heavy atom. The molecule has 0 atom stereocenters. The van der Waals surface area contributed by atoms with E-state index in [-0.39, 0.29) is 11.7 Å². The highest BCUT2D eigenvalue weighted by atomic mass is 16.2. The van der Waals surface area contributed by atoms with Gasteiger partial charge in [-0.25, -0.2) is 0 Å². The van der Waals surface area contributed by atoms with Crippen molar-refractivity contribution in [3.63, 3.8) is 0 Å². The third-order valence-electron chi connectivity index (χ3n) is 3.96. The number of likely N-dealkylation sites (tertiary alicyclic amines) is 1. The number of nitrogens with one attached hydrogen (secondary N) is 1. The Bertz CT molecular complexity index is 508. The molecule has 1 aliphatic rings. The van der Waals surface area contributed by atoms with Crippen molar-refractivity contribution in [3.05, 3.63) is 29.8 Å². The molecule has 114 valence electrons. The molecule has 21 heavy (non-hydrogen) atoms. The average molecular weight is 289 g/mol. The predicted molar refractivity (Wildman–Crippen MR) is 83.3 cm³/mol. The smallest absolute Gasteiger partial charge is 0.238 e. The molecule has 1 heterocycles. The van der Waals surface area contributed by atoms with Gasteiger partial charge in [0.1, 0.15) is 0 Å². The van der Waals surface area contributed by atoms with E-state index < -0.39 is 0 Å². The summed E-state index contributed by atoms with van der Waals surface area (Å²) < 4.78 is 0. The first-order valence-electron chi connectivity index (χ1n) is 7.41. The molecule has 0 spiro atoms. The Hall–Kier alpha value is -1.72. The Labute approximate surface area is 125 Å². The van der Waals surface area contributed by atoms with Crippen molar-refractivity contribution in [2.24, 2.45) is 11.7 Å². The molecule has 1 saturated heterocycles. The Balaban J connectivity index is 1.85. The van der Waals surface area contributed by atoms with E-state index in [9.17, 15) is 9.59 Å². The van der Waals surface area contributed by atoms with Crippen LogP contribution in [0, 0.1) is 5.92 Å². The van der Waals surface area contributed by atoms with E-state index in [4.69, 9.17) is 5.73 Å². The summed E-state index contributed by atoms with van der Waals surface area (Å²) in [5.74, 6) is 0.549. The molecule has 0 unspecified atom stereocenters. The van der Waals surface area contributed by atoms with Gasteiger partial charge in [0.05, 0.1) is 6.54 Å². The van der Waals surface area contributed by atoms with Crippen LogP contribution in [0.5, 0.6) is 0 Å². The second kappa shape index (κ2) is 7.33. The standard InChI is InChI=1S/C16H23N3O2/c1-12(20)14-3-2-4-15(9-14)18-16(21)11-19-7-5-13(10-17)6-8-19/h2-4,9,13H,5-8,10-11,17H2,1H3,(H,18,21). The van der Waals surface area contributed by atoms with E-state index in [1.165, 1.54) is 6.92 Å². The summed E-state index contributed by atoms with van der Waals surface area (Å²) in [6.07, 6.45) is 2.12. The SMILES string of the molecule is CC(=O)c1cccc(NC(=O)CN2CCC(CN)CC2)c1. The van der Waals surface area contributed by atoms with Crippen LogP contribution in [0.25, 0.3) is 0 Å². The van der Waals surface area contributed by atoms with Gasteiger partial charge in [0, 0.05) is 11.3 Å². The van der Waals surface area contributed by atoms with E-state index in [2.05, 4.69) is 10.2 Å². The van der Waals surface area contributed by atoms with Gasteiger partial charge in [0.15, 0.2) is 5.78 Å². The zero-order valence-corrected chi connectivity index (χ0v) is 12.5. The van der Waals surface area contributed by atoms with Gasteiger partial charge >= 0.3 is 0 Å². The fourth-order valence-electron chi connectivity index (χ4n) is 2.60. The van der Waals surface area contributed by atoms with Crippen LogP contribution in [0.3, 0.4) is 0 Å². The molecule has 0 aromatic heterocycles. The molecule has 3 N–H and O–H groups in total. The van der Waals surface area contributed by atoms with Crippen LogP contribution in [0.4, 0.5) is 5.69 Å². The van der Waals surface area contributed by atoms with Crippen LogP contribution in [0.15, 0.2) is 24.3 Å². The van der Waals surface area contributed by atoms with Crippen LogP contribution in [-0.4, -0.2) is 42.8 Å². The van der Waals surface area contributed by atoms with Gasteiger partial charge in [0.25, 0.3) is 0 Å². The summed E-state index contributed by atoms with van der Waals surface area (Å²) in [5.41, 5.74) is 6.94. The number of ketones is 1. The lowest BCUT2D eigenvalue weighted by Gasteiger charge is -2.30. The Kier molecular flexibility index (Phi) is 5.47. The van der Waals surface area contributed by atoms with Crippen molar-refractivity contribution in [3.8, 4) is 0 Å². The second-order valence-electron chi connectivity index (χ2n) is 5.64. The molecular weight excluding hydrogens is 266 g/mol. The first-order valence-corrected chi connectivity index (χ1v) is 7.41. The third-order valence-corrected chi connectivity index (χ3v) is 3.96. The highest BCUT2D eigenvalue weighted by Gasteiger charge is 2.19. The second-order valence-corrected chi connectivity index (χ2v) is 5.64. The van der Waals surface area contributed by atoms with Gasteiger partial charge in [-0.05, 0) is 57.5 Å². The molecule has 1 fully saturated rings. The summed E-state index contributed by atoms with van der Waals surface area (Å²) in [6.45, 7) is 4.48. The maximum atomic E-state index is 12.1. The van der Waals surface area contributed by atoms with Gasteiger partial charge in [-0.1, -0.05) is 12.1 Å². The summed E-state index contributed by atoms with van der Waals surface area (Å²) in [6, 6.07) is 7.03. The lowest BCUT2D eigenvalue weighted by Crippen LogP contribution is -2.40. The van der Waals surface area contributed by atoms with Gasteiger partial charge in [0.2, 0.25) is 5.91 Å². The minimum atomic E-state index is -0.0399. The summed E-state index contributed by atoms with van der Waals surface area (Å²) in [5, 5.41) is 2.85. The zero-order chi connectivity index (χ0) is 15.2. The molecule has 1 aliphatic heterocycles. The number of carbonyl (C=O) groups is 2. The summed E-state index contributed by atoms with van der Waals surface area (Å²) >= 11 is 0. The number of nitrogens with zero attached hydrogens (tertiary/aromatic N) is 1. The molecule has 1 amide bonds. The number of hydrogen-bond acceptors (Lipinski definition) is 4. The zero-order valence-electron chi connectivity index (χ0n) is 12.5. The van der Waals surface area contributed by atoms with E-state index in [0.717, 1.165) is 32.5 Å². The number of nitrogens with two attached hydrogens (primary N) is 1. The normalized spacial score (nSPS) is 16.7. The molecule has 5 nitrogen and oxygen atoms in total. The van der Waals surface area contributed by atoms with Crippen molar-refractivity contribution in [2.75, 3.05) is 31.5 Å². The Morgan fingerprint density at radius 3 is 2.67 bits per heavy atom. The fraction of sp³-hybridized carbons (Fsp3) is 0.500. The van der Waals surface area contributed by atoms with Crippen molar-refractivity contribution in [1.82, 2.24) is 4.90 Å². The van der Waals surface area contributed by atoms with Crippen LogP contribution < -0.4 is 11.1 Å². The molecule has 1 aromatic carbocycles. The fourth-order valence-corrected chi connectivity index (χ4v) is 2.60. The first kappa shape index (κ1) is 15.7. The van der Waals surface area contributed by atoms with Crippen LogP contribution in [0.2, 0.25) is 0 Å². The summed E-state index contributed by atoms with van der Waals surface area (Å²) in [4.78, 5) is 25.5.